The van der Waals surface area contributed by atoms with E-state index >= 15 is 0 Å². The van der Waals surface area contributed by atoms with E-state index in [1.807, 2.05) is 36.4 Å². The largest absolute Gasteiger partial charge is 0.350 e. The number of halogens is 2. The number of aromatic nitrogens is 4. The average molecular weight is 467 g/mol. The highest BCUT2D eigenvalue weighted by Crippen LogP contribution is 2.36. The van der Waals surface area contributed by atoms with Crippen molar-refractivity contribution in [1.82, 2.24) is 24.8 Å². The first kappa shape index (κ1) is 21.2. The summed E-state index contributed by atoms with van der Waals surface area (Å²) >= 11 is 13.1. The SMILES string of the molecule is Clc1cccc(Cl)c1-c1nc2cnc(NCc3ccccc3)nc2n1C[C@@H]1CCCNC1. The maximum absolute atomic E-state index is 6.56. The molecule has 2 N–H and O–H groups in total. The molecule has 0 aliphatic carbocycles. The zero-order valence-corrected chi connectivity index (χ0v) is 19.1. The zero-order chi connectivity index (χ0) is 21.9. The van der Waals surface area contributed by atoms with Gasteiger partial charge in [0.1, 0.15) is 11.3 Å². The van der Waals surface area contributed by atoms with Gasteiger partial charge >= 0.3 is 0 Å². The molecule has 1 aliphatic heterocycles. The lowest BCUT2D eigenvalue weighted by Crippen LogP contribution is -2.32. The van der Waals surface area contributed by atoms with Crippen molar-refractivity contribution in [1.29, 1.82) is 0 Å². The molecule has 4 aromatic rings. The monoisotopic (exact) mass is 466 g/mol. The topological polar surface area (TPSA) is 67.7 Å². The maximum atomic E-state index is 6.56. The first-order valence-electron chi connectivity index (χ1n) is 10.8. The van der Waals surface area contributed by atoms with Crippen molar-refractivity contribution in [2.24, 2.45) is 5.92 Å². The number of hydrogen-bond donors (Lipinski definition) is 2. The standard InChI is InChI=1S/C24H24Cl2N6/c25-18-9-4-10-19(26)21(18)23-30-20-14-29-24(28-13-16-6-2-1-3-7-16)31-22(20)32(23)15-17-8-5-11-27-12-17/h1-4,6-7,9-10,14,17,27H,5,8,11-13,15H2,(H,28,29,31)/t17-/m1/s1. The minimum absolute atomic E-state index is 0.483. The summed E-state index contributed by atoms with van der Waals surface area (Å²) in [7, 11) is 0. The fourth-order valence-electron chi connectivity index (χ4n) is 4.19. The third-order valence-corrected chi connectivity index (χ3v) is 6.44. The van der Waals surface area contributed by atoms with Gasteiger partial charge in [0.15, 0.2) is 5.65 Å². The number of piperidine rings is 1. The van der Waals surface area contributed by atoms with E-state index in [4.69, 9.17) is 33.2 Å². The molecule has 8 heteroatoms. The third kappa shape index (κ3) is 4.44. The number of nitrogens with one attached hydrogen (secondary N) is 2. The van der Waals surface area contributed by atoms with E-state index in [1.165, 1.54) is 12.0 Å². The molecule has 5 rings (SSSR count). The highest BCUT2D eigenvalue weighted by Gasteiger charge is 2.23. The van der Waals surface area contributed by atoms with E-state index in [0.29, 0.717) is 28.5 Å². The van der Waals surface area contributed by atoms with E-state index in [-0.39, 0.29) is 0 Å². The highest BCUT2D eigenvalue weighted by atomic mass is 35.5. The van der Waals surface area contributed by atoms with Gasteiger partial charge in [-0.3, -0.25) is 0 Å². The Kier molecular flexibility index (Phi) is 6.26. The molecule has 0 unspecified atom stereocenters. The summed E-state index contributed by atoms with van der Waals surface area (Å²) in [5, 5.41) is 7.97. The molecule has 0 amide bonds. The zero-order valence-electron chi connectivity index (χ0n) is 17.6. The second-order valence-electron chi connectivity index (χ2n) is 8.10. The molecule has 1 fully saturated rings. The summed E-state index contributed by atoms with van der Waals surface area (Å²) in [6.07, 6.45) is 4.09. The minimum atomic E-state index is 0.483. The Labute approximate surface area is 197 Å². The molecule has 0 spiro atoms. The van der Waals surface area contributed by atoms with Crippen LogP contribution in [0.5, 0.6) is 0 Å². The number of anilines is 1. The number of rotatable bonds is 6. The van der Waals surface area contributed by atoms with E-state index in [2.05, 4.69) is 32.3 Å². The molecule has 164 valence electrons. The Morgan fingerprint density at radius 3 is 2.59 bits per heavy atom. The van der Waals surface area contributed by atoms with E-state index in [9.17, 15) is 0 Å². The Balaban J connectivity index is 1.55. The number of nitrogens with zero attached hydrogens (tertiary/aromatic N) is 4. The molecule has 0 saturated carbocycles. The van der Waals surface area contributed by atoms with E-state index < -0.39 is 0 Å². The van der Waals surface area contributed by atoms with Gasteiger partial charge in [-0.2, -0.15) is 4.98 Å². The van der Waals surface area contributed by atoms with Crippen molar-refractivity contribution in [3.8, 4) is 11.4 Å². The van der Waals surface area contributed by atoms with Crippen LogP contribution in [0.4, 0.5) is 5.95 Å². The van der Waals surface area contributed by atoms with Crippen LogP contribution in [0.1, 0.15) is 18.4 Å². The average Bonchev–Trinajstić information content (AvgIpc) is 3.16. The molecule has 2 aromatic carbocycles. The molecular weight excluding hydrogens is 443 g/mol. The van der Waals surface area contributed by atoms with E-state index in [0.717, 1.165) is 48.6 Å². The highest BCUT2D eigenvalue weighted by molar-refractivity contribution is 6.39. The van der Waals surface area contributed by atoms with Crippen LogP contribution in [0.25, 0.3) is 22.6 Å². The maximum Gasteiger partial charge on any atom is 0.225 e. The van der Waals surface area contributed by atoms with Gasteiger partial charge in [0.2, 0.25) is 5.95 Å². The second-order valence-corrected chi connectivity index (χ2v) is 8.91. The van der Waals surface area contributed by atoms with Crippen molar-refractivity contribution in [3.63, 3.8) is 0 Å². The number of benzene rings is 2. The van der Waals surface area contributed by atoms with Crippen LogP contribution >= 0.6 is 23.2 Å². The lowest BCUT2D eigenvalue weighted by atomic mass is 9.99. The number of fused-ring (bicyclic) bond motifs is 1. The summed E-state index contributed by atoms with van der Waals surface area (Å²) in [5.41, 5.74) is 3.41. The van der Waals surface area contributed by atoms with Crippen LogP contribution in [0.3, 0.4) is 0 Å². The Hall–Kier alpha value is -2.67. The normalized spacial score (nSPS) is 16.4. The molecule has 1 aliphatic rings. The molecule has 6 nitrogen and oxygen atoms in total. The van der Waals surface area contributed by atoms with Crippen LogP contribution in [0, 0.1) is 5.92 Å². The van der Waals surface area contributed by atoms with Gasteiger partial charge < -0.3 is 15.2 Å². The van der Waals surface area contributed by atoms with Crippen LogP contribution in [-0.4, -0.2) is 32.6 Å². The van der Waals surface area contributed by atoms with Gasteiger partial charge in [-0.05, 0) is 49.5 Å². The van der Waals surface area contributed by atoms with Crippen molar-refractivity contribution in [2.45, 2.75) is 25.9 Å². The molecule has 1 saturated heterocycles. The van der Waals surface area contributed by atoms with Gasteiger partial charge in [-0.25, -0.2) is 9.97 Å². The number of hydrogen-bond acceptors (Lipinski definition) is 5. The minimum Gasteiger partial charge on any atom is -0.350 e. The number of imidazole rings is 1. The summed E-state index contributed by atoms with van der Waals surface area (Å²) in [6.45, 7) is 3.48. The molecule has 1 atom stereocenters. The van der Waals surface area contributed by atoms with Crippen molar-refractivity contribution < 1.29 is 0 Å². The van der Waals surface area contributed by atoms with Crippen LogP contribution in [0.15, 0.2) is 54.7 Å². The first-order valence-corrected chi connectivity index (χ1v) is 11.6. The lowest BCUT2D eigenvalue weighted by molar-refractivity contribution is 0.341. The van der Waals surface area contributed by atoms with Crippen molar-refractivity contribution in [2.75, 3.05) is 18.4 Å². The molecule has 0 radical (unpaired) electrons. The molecular formula is C24H24Cl2N6. The quantitative estimate of drug-likeness (QED) is 0.397. The van der Waals surface area contributed by atoms with Gasteiger partial charge in [0.25, 0.3) is 0 Å². The van der Waals surface area contributed by atoms with Gasteiger partial charge in [0.05, 0.1) is 21.8 Å². The molecule has 2 aromatic heterocycles. The fraction of sp³-hybridized carbons (Fsp3) is 0.292. The third-order valence-electron chi connectivity index (χ3n) is 5.81. The Morgan fingerprint density at radius 2 is 1.84 bits per heavy atom. The van der Waals surface area contributed by atoms with Crippen molar-refractivity contribution in [3.05, 3.63) is 70.3 Å². The molecule has 32 heavy (non-hydrogen) atoms. The fourth-order valence-corrected chi connectivity index (χ4v) is 4.76. The second kappa shape index (κ2) is 9.45. The molecule has 3 heterocycles. The van der Waals surface area contributed by atoms with Gasteiger partial charge in [0, 0.05) is 13.1 Å². The van der Waals surface area contributed by atoms with Crippen LogP contribution in [0.2, 0.25) is 10.0 Å². The smallest absolute Gasteiger partial charge is 0.225 e. The molecule has 0 bridgehead atoms. The Bertz CT molecular complexity index is 1200. The van der Waals surface area contributed by atoms with Crippen LogP contribution in [-0.2, 0) is 13.1 Å². The summed E-state index contributed by atoms with van der Waals surface area (Å²) in [4.78, 5) is 14.2. The van der Waals surface area contributed by atoms with Gasteiger partial charge in [-0.1, -0.05) is 59.6 Å². The summed E-state index contributed by atoms with van der Waals surface area (Å²) < 4.78 is 2.15. The predicted molar refractivity (Wildman–Crippen MR) is 130 cm³/mol. The van der Waals surface area contributed by atoms with Crippen molar-refractivity contribution >= 4 is 40.3 Å². The van der Waals surface area contributed by atoms with E-state index in [1.54, 1.807) is 6.20 Å². The first-order chi connectivity index (χ1) is 15.7. The van der Waals surface area contributed by atoms with Crippen LogP contribution < -0.4 is 10.6 Å². The summed E-state index contributed by atoms with van der Waals surface area (Å²) in [6, 6.07) is 15.7. The van der Waals surface area contributed by atoms with Gasteiger partial charge in [-0.15, -0.1) is 0 Å². The Morgan fingerprint density at radius 1 is 1.03 bits per heavy atom. The predicted octanol–water partition coefficient (Wildman–Crippen LogP) is 5.41. The summed E-state index contributed by atoms with van der Waals surface area (Å²) in [5.74, 6) is 1.79. The lowest BCUT2D eigenvalue weighted by Gasteiger charge is -2.24.